The molecule has 0 fully saturated rings. The molecule has 0 aliphatic carbocycles. The maximum Gasteiger partial charge on any atom is 0.309 e. The maximum absolute atomic E-state index is 10.6. The van der Waals surface area contributed by atoms with E-state index in [2.05, 4.69) is 11.1 Å². The zero-order valence-corrected chi connectivity index (χ0v) is 11.5. The van der Waals surface area contributed by atoms with Crippen LogP contribution in [0.25, 0.3) is 0 Å². The zero-order valence-electron chi connectivity index (χ0n) is 9.87. The highest BCUT2D eigenvalue weighted by molar-refractivity contribution is 8.00. The molecule has 0 aliphatic rings. The fourth-order valence-electron chi connectivity index (χ4n) is 1.47. The van der Waals surface area contributed by atoms with E-state index in [-0.39, 0.29) is 6.42 Å². The van der Waals surface area contributed by atoms with E-state index in [1.165, 1.54) is 11.3 Å². The summed E-state index contributed by atoms with van der Waals surface area (Å²) >= 11 is 2.99. The number of benzene rings is 1. The smallest absolute Gasteiger partial charge is 0.309 e. The monoisotopic (exact) mass is 290 g/mol. The van der Waals surface area contributed by atoms with Crippen molar-refractivity contribution in [2.45, 2.75) is 16.5 Å². The highest BCUT2D eigenvalue weighted by Crippen LogP contribution is 2.26. The van der Waals surface area contributed by atoms with Gasteiger partial charge in [-0.15, -0.1) is 11.3 Å². The lowest BCUT2D eigenvalue weighted by molar-refractivity contribution is -0.136. The van der Waals surface area contributed by atoms with E-state index < -0.39 is 5.97 Å². The van der Waals surface area contributed by atoms with Crippen LogP contribution in [0.1, 0.15) is 16.8 Å². The highest BCUT2D eigenvalue weighted by atomic mass is 32.2. The predicted molar refractivity (Wildman–Crippen MR) is 74.2 cm³/mol. The second-order valence-electron chi connectivity index (χ2n) is 3.78. The third kappa shape index (κ3) is 4.09. The van der Waals surface area contributed by atoms with Gasteiger partial charge in [0.25, 0.3) is 0 Å². The van der Waals surface area contributed by atoms with E-state index in [0.29, 0.717) is 11.3 Å². The van der Waals surface area contributed by atoms with Crippen LogP contribution in [0.2, 0.25) is 0 Å². The summed E-state index contributed by atoms with van der Waals surface area (Å²) in [4.78, 5) is 14.8. The molecule has 0 aliphatic heterocycles. The number of thioether (sulfide) groups is 1. The lowest BCUT2D eigenvalue weighted by atomic mass is 10.2. The number of carboxylic acid groups (broad SMARTS) is 1. The normalized spacial score (nSPS) is 10.1. The van der Waals surface area contributed by atoms with Crippen molar-refractivity contribution < 1.29 is 9.90 Å². The summed E-state index contributed by atoms with van der Waals surface area (Å²) in [7, 11) is 0. The Balaban J connectivity index is 1.96. The minimum atomic E-state index is -0.872. The molecule has 0 saturated heterocycles. The van der Waals surface area contributed by atoms with Gasteiger partial charge in [-0.25, -0.2) is 4.98 Å². The van der Waals surface area contributed by atoms with Crippen molar-refractivity contribution in [2.75, 3.05) is 0 Å². The fourth-order valence-corrected chi connectivity index (χ4v) is 3.25. The molecule has 4 nitrogen and oxygen atoms in total. The number of carboxylic acids is 1. The number of nitrogens with zero attached hydrogens (tertiary/aromatic N) is 2. The van der Waals surface area contributed by atoms with Gasteiger partial charge in [0.05, 0.1) is 23.7 Å². The Morgan fingerprint density at radius 2 is 2.37 bits per heavy atom. The summed E-state index contributed by atoms with van der Waals surface area (Å²) in [6.45, 7) is 0. The van der Waals surface area contributed by atoms with Gasteiger partial charge >= 0.3 is 5.97 Å². The topological polar surface area (TPSA) is 74.0 Å². The van der Waals surface area contributed by atoms with Crippen LogP contribution >= 0.6 is 23.1 Å². The van der Waals surface area contributed by atoms with Crippen LogP contribution in [0, 0.1) is 11.3 Å². The summed E-state index contributed by atoms with van der Waals surface area (Å²) < 4.78 is 0.846. The fraction of sp³-hybridized carbons (Fsp3) is 0.154. The Labute approximate surface area is 118 Å². The van der Waals surface area contributed by atoms with Gasteiger partial charge in [0, 0.05) is 11.1 Å². The number of aromatic nitrogens is 1. The molecule has 1 aromatic heterocycles. The van der Waals surface area contributed by atoms with Crippen LogP contribution in [0.3, 0.4) is 0 Å². The van der Waals surface area contributed by atoms with Gasteiger partial charge in [-0.2, -0.15) is 5.26 Å². The first kappa shape index (κ1) is 13.6. The Morgan fingerprint density at radius 1 is 1.53 bits per heavy atom. The lowest BCUT2D eigenvalue weighted by Gasteiger charge is -1.99. The van der Waals surface area contributed by atoms with Crippen LogP contribution in [0.15, 0.2) is 34.0 Å². The molecule has 0 unspecified atom stereocenters. The largest absolute Gasteiger partial charge is 0.481 e. The Kier molecular flexibility index (Phi) is 4.55. The summed E-state index contributed by atoms with van der Waals surface area (Å²) in [5.74, 6) is -0.154. The van der Waals surface area contributed by atoms with Gasteiger partial charge in [0.15, 0.2) is 0 Å². The molecule has 0 bridgehead atoms. The average Bonchev–Trinajstić information content (AvgIpc) is 2.83. The molecule has 2 aromatic rings. The van der Waals surface area contributed by atoms with Crippen molar-refractivity contribution in [1.82, 2.24) is 4.98 Å². The summed E-state index contributed by atoms with van der Waals surface area (Å²) in [6.07, 6.45) is -0.0407. The molecule has 0 spiro atoms. The number of rotatable bonds is 5. The zero-order chi connectivity index (χ0) is 13.7. The third-order valence-corrected chi connectivity index (χ3v) is 4.42. The second-order valence-corrected chi connectivity index (χ2v) is 5.86. The molecular weight excluding hydrogens is 280 g/mol. The molecule has 6 heteroatoms. The van der Waals surface area contributed by atoms with Gasteiger partial charge in [-0.05, 0) is 17.7 Å². The van der Waals surface area contributed by atoms with E-state index in [1.807, 2.05) is 18.2 Å². The van der Waals surface area contributed by atoms with Crippen LogP contribution < -0.4 is 0 Å². The Morgan fingerprint density at radius 3 is 3.11 bits per heavy atom. The van der Waals surface area contributed by atoms with E-state index in [9.17, 15) is 4.79 Å². The van der Waals surface area contributed by atoms with Crippen molar-refractivity contribution in [3.05, 3.63) is 46.5 Å². The molecule has 19 heavy (non-hydrogen) atoms. The first-order chi connectivity index (χ1) is 9.17. The molecule has 0 amide bonds. The molecule has 1 N–H and O–H groups in total. The van der Waals surface area contributed by atoms with Crippen molar-refractivity contribution in [2.24, 2.45) is 0 Å². The van der Waals surface area contributed by atoms with E-state index >= 15 is 0 Å². The van der Waals surface area contributed by atoms with Crippen molar-refractivity contribution in [3.63, 3.8) is 0 Å². The number of thiazole rings is 1. The number of hydrogen-bond donors (Lipinski definition) is 1. The van der Waals surface area contributed by atoms with Crippen LogP contribution in [-0.2, 0) is 17.0 Å². The minimum absolute atomic E-state index is 0.0407. The Bertz CT molecular complexity index is 632. The van der Waals surface area contributed by atoms with E-state index in [1.54, 1.807) is 23.2 Å². The standard InChI is InChI=1S/C13H10N2O2S2/c14-6-9-2-1-3-10(4-9)7-18-13-15-11(8-19-13)5-12(16)17/h1-4,8H,5,7H2,(H,16,17). The van der Waals surface area contributed by atoms with Gasteiger partial charge in [0.2, 0.25) is 0 Å². The number of carbonyl (C=O) groups is 1. The summed E-state index contributed by atoms with van der Waals surface area (Å²) in [5.41, 5.74) is 2.29. The highest BCUT2D eigenvalue weighted by Gasteiger charge is 2.07. The SMILES string of the molecule is N#Cc1cccc(CSc2nc(CC(=O)O)cs2)c1. The number of aliphatic carboxylic acids is 1. The molecule has 1 heterocycles. The maximum atomic E-state index is 10.6. The summed E-state index contributed by atoms with van der Waals surface area (Å²) in [6, 6.07) is 9.53. The molecule has 0 radical (unpaired) electrons. The first-order valence-corrected chi connectivity index (χ1v) is 7.32. The second kappa shape index (κ2) is 6.36. The van der Waals surface area contributed by atoms with Crippen LogP contribution in [0.4, 0.5) is 0 Å². The van der Waals surface area contributed by atoms with Crippen molar-refractivity contribution >= 4 is 29.1 Å². The first-order valence-electron chi connectivity index (χ1n) is 5.45. The molecule has 96 valence electrons. The van der Waals surface area contributed by atoms with Gasteiger partial charge < -0.3 is 5.11 Å². The minimum Gasteiger partial charge on any atom is -0.481 e. The predicted octanol–water partition coefficient (Wildman–Crippen LogP) is 2.93. The van der Waals surface area contributed by atoms with E-state index in [4.69, 9.17) is 10.4 Å². The number of hydrogen-bond acceptors (Lipinski definition) is 5. The number of nitriles is 1. The van der Waals surface area contributed by atoms with Gasteiger partial charge in [0.1, 0.15) is 4.34 Å². The Hall–Kier alpha value is -1.84. The van der Waals surface area contributed by atoms with E-state index in [0.717, 1.165) is 15.7 Å². The molecule has 1 aromatic carbocycles. The van der Waals surface area contributed by atoms with Gasteiger partial charge in [-0.1, -0.05) is 23.9 Å². The van der Waals surface area contributed by atoms with Gasteiger partial charge in [-0.3, -0.25) is 4.79 Å². The van der Waals surface area contributed by atoms with Crippen molar-refractivity contribution in [3.8, 4) is 6.07 Å². The average molecular weight is 290 g/mol. The molecule has 0 atom stereocenters. The summed E-state index contributed by atoms with van der Waals surface area (Å²) in [5, 5.41) is 19.2. The van der Waals surface area contributed by atoms with Crippen molar-refractivity contribution in [1.29, 1.82) is 5.26 Å². The van der Waals surface area contributed by atoms with Crippen LogP contribution in [-0.4, -0.2) is 16.1 Å². The quantitative estimate of drug-likeness (QED) is 0.857. The molecule has 2 rings (SSSR count). The lowest BCUT2D eigenvalue weighted by Crippen LogP contribution is -1.99. The molecule has 0 saturated carbocycles. The third-order valence-electron chi connectivity index (χ3n) is 2.28. The van der Waals surface area contributed by atoms with Crippen LogP contribution in [0.5, 0.6) is 0 Å². The molecular formula is C13H10N2O2S2.